The standard InChI is InChI=1S/C15H23NO/c1-13(14-6-3-2-4-7-14)9-11-16-10-5-8-15(16)12-17/h2-4,6-7,13,15,17H,5,8-12H2,1H3. The molecule has 94 valence electrons. The van der Waals surface area contributed by atoms with Gasteiger partial charge in [-0.2, -0.15) is 0 Å². The van der Waals surface area contributed by atoms with E-state index in [2.05, 4.69) is 42.2 Å². The summed E-state index contributed by atoms with van der Waals surface area (Å²) in [6.45, 7) is 4.88. The SMILES string of the molecule is CC(CCN1CCCC1CO)c1ccccc1. The van der Waals surface area contributed by atoms with Gasteiger partial charge in [-0.3, -0.25) is 4.90 Å². The molecule has 2 unspecified atom stereocenters. The van der Waals surface area contributed by atoms with Gasteiger partial charge >= 0.3 is 0 Å². The fourth-order valence-electron chi connectivity index (χ4n) is 2.70. The van der Waals surface area contributed by atoms with Crippen molar-refractivity contribution in [1.82, 2.24) is 4.90 Å². The summed E-state index contributed by atoms with van der Waals surface area (Å²) in [5.41, 5.74) is 1.42. The molecule has 1 fully saturated rings. The van der Waals surface area contributed by atoms with Crippen molar-refractivity contribution in [3.05, 3.63) is 35.9 Å². The van der Waals surface area contributed by atoms with Gasteiger partial charge in [0.2, 0.25) is 0 Å². The van der Waals surface area contributed by atoms with Crippen LogP contribution in [0.3, 0.4) is 0 Å². The Labute approximate surface area is 104 Å². The first kappa shape index (κ1) is 12.6. The van der Waals surface area contributed by atoms with E-state index in [0.717, 1.165) is 19.5 Å². The summed E-state index contributed by atoms with van der Waals surface area (Å²) >= 11 is 0. The maximum Gasteiger partial charge on any atom is 0.0586 e. The van der Waals surface area contributed by atoms with Gasteiger partial charge in [0.15, 0.2) is 0 Å². The van der Waals surface area contributed by atoms with Gasteiger partial charge in [0.25, 0.3) is 0 Å². The zero-order valence-electron chi connectivity index (χ0n) is 10.7. The third kappa shape index (κ3) is 3.30. The molecule has 1 heterocycles. The van der Waals surface area contributed by atoms with Gasteiger partial charge in [-0.15, -0.1) is 0 Å². The highest BCUT2D eigenvalue weighted by molar-refractivity contribution is 5.18. The summed E-state index contributed by atoms with van der Waals surface area (Å²) in [5.74, 6) is 0.608. The van der Waals surface area contributed by atoms with Gasteiger partial charge in [0.1, 0.15) is 0 Å². The van der Waals surface area contributed by atoms with Crippen LogP contribution in [0.25, 0.3) is 0 Å². The van der Waals surface area contributed by atoms with E-state index in [4.69, 9.17) is 0 Å². The van der Waals surface area contributed by atoms with E-state index in [9.17, 15) is 5.11 Å². The Kier molecular flexibility index (Phi) is 4.57. The Morgan fingerprint density at radius 3 is 2.82 bits per heavy atom. The minimum absolute atomic E-state index is 0.319. The molecule has 1 saturated heterocycles. The minimum Gasteiger partial charge on any atom is -0.395 e. The lowest BCUT2D eigenvalue weighted by atomic mass is 9.97. The van der Waals surface area contributed by atoms with Crippen molar-refractivity contribution in [2.75, 3.05) is 19.7 Å². The Balaban J connectivity index is 1.82. The van der Waals surface area contributed by atoms with Crippen LogP contribution in [0.1, 0.15) is 37.7 Å². The second-order valence-corrected chi connectivity index (χ2v) is 5.12. The molecule has 0 amide bonds. The molecule has 0 spiro atoms. The topological polar surface area (TPSA) is 23.5 Å². The smallest absolute Gasteiger partial charge is 0.0586 e. The van der Waals surface area contributed by atoms with Crippen LogP contribution in [0.2, 0.25) is 0 Å². The number of benzene rings is 1. The van der Waals surface area contributed by atoms with Crippen molar-refractivity contribution in [2.24, 2.45) is 0 Å². The molecular weight excluding hydrogens is 210 g/mol. The van der Waals surface area contributed by atoms with E-state index in [1.165, 1.54) is 18.4 Å². The Hall–Kier alpha value is -0.860. The van der Waals surface area contributed by atoms with Gasteiger partial charge in [-0.1, -0.05) is 37.3 Å². The number of aliphatic hydroxyl groups is 1. The van der Waals surface area contributed by atoms with Crippen LogP contribution >= 0.6 is 0 Å². The van der Waals surface area contributed by atoms with Crippen LogP contribution in [-0.4, -0.2) is 35.7 Å². The van der Waals surface area contributed by atoms with Crippen LogP contribution in [0.15, 0.2) is 30.3 Å². The zero-order valence-corrected chi connectivity index (χ0v) is 10.7. The number of likely N-dealkylation sites (tertiary alicyclic amines) is 1. The second kappa shape index (κ2) is 6.18. The molecular formula is C15H23NO. The van der Waals surface area contributed by atoms with Crippen molar-refractivity contribution < 1.29 is 5.11 Å². The predicted molar refractivity (Wildman–Crippen MR) is 71.2 cm³/mol. The highest BCUT2D eigenvalue weighted by atomic mass is 16.3. The van der Waals surface area contributed by atoms with Crippen molar-refractivity contribution in [3.8, 4) is 0 Å². The number of hydrogen-bond acceptors (Lipinski definition) is 2. The fraction of sp³-hybridized carbons (Fsp3) is 0.600. The van der Waals surface area contributed by atoms with E-state index in [-0.39, 0.29) is 0 Å². The molecule has 0 radical (unpaired) electrons. The maximum absolute atomic E-state index is 9.28. The molecule has 0 aliphatic carbocycles. The summed E-state index contributed by atoms with van der Waals surface area (Å²) in [7, 11) is 0. The van der Waals surface area contributed by atoms with Crippen LogP contribution in [0, 0.1) is 0 Å². The van der Waals surface area contributed by atoms with Gasteiger partial charge in [0, 0.05) is 6.04 Å². The molecule has 0 saturated carbocycles. The summed E-state index contributed by atoms with van der Waals surface area (Å²) in [4.78, 5) is 2.44. The molecule has 1 N–H and O–H groups in total. The quantitative estimate of drug-likeness (QED) is 0.845. The van der Waals surface area contributed by atoms with Crippen LogP contribution < -0.4 is 0 Å². The second-order valence-electron chi connectivity index (χ2n) is 5.12. The van der Waals surface area contributed by atoms with Crippen LogP contribution in [0.4, 0.5) is 0 Å². The molecule has 0 bridgehead atoms. The minimum atomic E-state index is 0.319. The highest BCUT2D eigenvalue weighted by Gasteiger charge is 2.23. The number of aliphatic hydroxyl groups excluding tert-OH is 1. The van der Waals surface area contributed by atoms with Gasteiger partial charge in [-0.05, 0) is 43.8 Å². The monoisotopic (exact) mass is 233 g/mol. The average Bonchev–Trinajstić information content (AvgIpc) is 2.84. The number of hydrogen-bond donors (Lipinski definition) is 1. The molecule has 1 aromatic rings. The largest absolute Gasteiger partial charge is 0.395 e. The first-order valence-corrected chi connectivity index (χ1v) is 6.71. The summed E-state index contributed by atoms with van der Waals surface area (Å²) in [6.07, 6.45) is 3.58. The lowest BCUT2D eigenvalue weighted by Gasteiger charge is -2.24. The summed E-state index contributed by atoms with van der Waals surface area (Å²) in [5, 5.41) is 9.28. The highest BCUT2D eigenvalue weighted by Crippen LogP contribution is 2.22. The third-order valence-electron chi connectivity index (χ3n) is 3.93. The maximum atomic E-state index is 9.28. The van der Waals surface area contributed by atoms with E-state index >= 15 is 0 Å². The first-order chi connectivity index (χ1) is 8.31. The molecule has 0 aromatic heterocycles. The van der Waals surface area contributed by atoms with Gasteiger partial charge < -0.3 is 5.11 Å². The molecule has 2 rings (SSSR count). The van der Waals surface area contributed by atoms with Crippen molar-refractivity contribution in [3.63, 3.8) is 0 Å². The van der Waals surface area contributed by atoms with Crippen molar-refractivity contribution in [1.29, 1.82) is 0 Å². The molecule has 2 atom stereocenters. The lowest BCUT2D eigenvalue weighted by molar-refractivity contribution is 0.156. The average molecular weight is 233 g/mol. The Morgan fingerprint density at radius 2 is 2.12 bits per heavy atom. The first-order valence-electron chi connectivity index (χ1n) is 6.71. The lowest BCUT2D eigenvalue weighted by Crippen LogP contribution is -2.33. The molecule has 2 heteroatoms. The number of nitrogens with zero attached hydrogens (tertiary/aromatic N) is 1. The predicted octanol–water partition coefficient (Wildman–Crippen LogP) is 2.64. The van der Waals surface area contributed by atoms with Crippen LogP contribution in [-0.2, 0) is 0 Å². The van der Waals surface area contributed by atoms with E-state index in [1.807, 2.05) is 0 Å². The Bertz CT molecular complexity index is 325. The molecule has 1 aliphatic rings. The third-order valence-corrected chi connectivity index (χ3v) is 3.93. The summed E-state index contributed by atoms with van der Waals surface area (Å²) < 4.78 is 0. The Morgan fingerprint density at radius 1 is 1.35 bits per heavy atom. The molecule has 17 heavy (non-hydrogen) atoms. The molecule has 1 aliphatic heterocycles. The normalized spacial score (nSPS) is 22.8. The van der Waals surface area contributed by atoms with Gasteiger partial charge in [-0.25, -0.2) is 0 Å². The summed E-state index contributed by atoms with van der Waals surface area (Å²) in [6, 6.07) is 11.1. The number of rotatable bonds is 5. The van der Waals surface area contributed by atoms with E-state index < -0.39 is 0 Å². The van der Waals surface area contributed by atoms with Crippen LogP contribution in [0.5, 0.6) is 0 Å². The van der Waals surface area contributed by atoms with E-state index in [0.29, 0.717) is 18.6 Å². The fourth-order valence-corrected chi connectivity index (χ4v) is 2.70. The van der Waals surface area contributed by atoms with Gasteiger partial charge in [0.05, 0.1) is 6.61 Å². The zero-order chi connectivity index (χ0) is 12.1. The molecule has 2 nitrogen and oxygen atoms in total. The molecule has 1 aromatic carbocycles. The van der Waals surface area contributed by atoms with E-state index in [1.54, 1.807) is 0 Å². The van der Waals surface area contributed by atoms with Crippen molar-refractivity contribution in [2.45, 2.75) is 38.1 Å². The van der Waals surface area contributed by atoms with Crippen molar-refractivity contribution >= 4 is 0 Å².